The van der Waals surface area contributed by atoms with Crippen molar-refractivity contribution >= 4 is 11.6 Å². The third kappa shape index (κ3) is 6.70. The topological polar surface area (TPSA) is 59.1 Å². The molecular weight excluding hydrogens is 252 g/mol. The predicted octanol–water partition coefficient (Wildman–Crippen LogP) is 3.44. The van der Waals surface area contributed by atoms with Crippen molar-refractivity contribution in [2.75, 3.05) is 30.8 Å². The van der Waals surface area contributed by atoms with Crippen LogP contribution in [-0.2, 0) is 11.3 Å². The molecule has 0 spiro atoms. The molecule has 0 aliphatic rings. The average Bonchev–Trinajstić information content (AvgIpc) is 2.45. The van der Waals surface area contributed by atoms with Gasteiger partial charge < -0.3 is 15.4 Å². The van der Waals surface area contributed by atoms with Gasteiger partial charge in [0, 0.05) is 26.3 Å². The summed E-state index contributed by atoms with van der Waals surface area (Å²) in [7, 11) is 1.66. The van der Waals surface area contributed by atoms with Gasteiger partial charge in [0.05, 0.1) is 0 Å². The quantitative estimate of drug-likeness (QED) is 0.608. The number of nitrogens with zero attached hydrogens (tertiary/aromatic N) is 2. The zero-order chi connectivity index (χ0) is 14.6. The van der Waals surface area contributed by atoms with Gasteiger partial charge in [0.1, 0.15) is 18.2 Å². The van der Waals surface area contributed by atoms with Gasteiger partial charge in [0.25, 0.3) is 0 Å². The molecule has 0 radical (unpaired) electrons. The van der Waals surface area contributed by atoms with Gasteiger partial charge in [0.15, 0.2) is 5.82 Å². The Bertz CT molecular complexity index is 371. The van der Waals surface area contributed by atoms with Gasteiger partial charge in [-0.15, -0.1) is 0 Å². The zero-order valence-electron chi connectivity index (χ0n) is 13.0. The molecular formula is C15H28N4O. The molecule has 0 atom stereocenters. The first-order valence-corrected chi connectivity index (χ1v) is 7.64. The second-order valence-electron chi connectivity index (χ2n) is 4.90. The maximum absolute atomic E-state index is 5.12. The fourth-order valence-electron chi connectivity index (χ4n) is 1.89. The number of hydrogen-bond acceptors (Lipinski definition) is 5. The lowest BCUT2D eigenvalue weighted by Crippen LogP contribution is -2.10. The van der Waals surface area contributed by atoms with E-state index in [9.17, 15) is 0 Å². The summed E-state index contributed by atoms with van der Waals surface area (Å²) >= 11 is 0. The molecule has 1 aromatic rings. The summed E-state index contributed by atoms with van der Waals surface area (Å²) < 4.78 is 5.12. The molecule has 1 heterocycles. The monoisotopic (exact) mass is 280 g/mol. The van der Waals surface area contributed by atoms with Crippen LogP contribution >= 0.6 is 0 Å². The highest BCUT2D eigenvalue weighted by atomic mass is 16.5. The van der Waals surface area contributed by atoms with E-state index in [-0.39, 0.29) is 0 Å². The first kappa shape index (κ1) is 16.7. The third-order valence-corrected chi connectivity index (χ3v) is 2.94. The van der Waals surface area contributed by atoms with Gasteiger partial charge in [-0.1, -0.05) is 33.1 Å². The van der Waals surface area contributed by atoms with Crippen molar-refractivity contribution < 1.29 is 4.74 Å². The van der Waals surface area contributed by atoms with Crippen molar-refractivity contribution in [2.24, 2.45) is 0 Å². The standard InChI is InChI=1S/C15H28N4O/c1-4-6-7-8-10-17-14-11-13(16-9-5-2)18-15(19-14)12-20-3/h11H,4-10,12H2,1-3H3,(H2,16,17,18,19). The van der Waals surface area contributed by atoms with Crippen LogP contribution in [0.5, 0.6) is 0 Å². The van der Waals surface area contributed by atoms with Gasteiger partial charge >= 0.3 is 0 Å². The Hall–Kier alpha value is -1.36. The van der Waals surface area contributed by atoms with E-state index in [0.29, 0.717) is 12.4 Å². The lowest BCUT2D eigenvalue weighted by molar-refractivity contribution is 0.178. The number of unbranched alkanes of at least 4 members (excludes halogenated alkanes) is 3. The van der Waals surface area contributed by atoms with Crippen LogP contribution in [-0.4, -0.2) is 30.2 Å². The molecule has 0 saturated heterocycles. The summed E-state index contributed by atoms with van der Waals surface area (Å²) in [6.45, 7) is 6.67. The van der Waals surface area contributed by atoms with Crippen LogP contribution in [0.2, 0.25) is 0 Å². The summed E-state index contributed by atoms with van der Waals surface area (Å²) in [4.78, 5) is 8.89. The molecule has 0 bridgehead atoms. The second-order valence-corrected chi connectivity index (χ2v) is 4.90. The van der Waals surface area contributed by atoms with Crippen molar-refractivity contribution in [1.82, 2.24) is 9.97 Å². The Labute approximate surface area is 122 Å². The van der Waals surface area contributed by atoms with Crippen molar-refractivity contribution in [3.8, 4) is 0 Å². The van der Waals surface area contributed by atoms with E-state index in [1.54, 1.807) is 7.11 Å². The minimum atomic E-state index is 0.437. The fraction of sp³-hybridized carbons (Fsp3) is 0.733. The SMILES string of the molecule is CCCCCCNc1cc(NCCC)nc(COC)n1. The van der Waals surface area contributed by atoms with Crippen LogP contribution in [0.3, 0.4) is 0 Å². The predicted molar refractivity (Wildman–Crippen MR) is 84.2 cm³/mol. The molecule has 20 heavy (non-hydrogen) atoms. The molecule has 1 aromatic heterocycles. The summed E-state index contributed by atoms with van der Waals surface area (Å²) in [6, 6.07) is 1.97. The first-order chi connectivity index (χ1) is 9.80. The van der Waals surface area contributed by atoms with Crippen LogP contribution < -0.4 is 10.6 Å². The molecule has 2 N–H and O–H groups in total. The summed E-state index contributed by atoms with van der Waals surface area (Å²) in [6.07, 6.45) is 6.07. The van der Waals surface area contributed by atoms with E-state index in [0.717, 1.165) is 31.1 Å². The number of nitrogens with one attached hydrogen (secondary N) is 2. The number of anilines is 2. The summed E-state index contributed by atoms with van der Waals surface area (Å²) in [5.41, 5.74) is 0. The molecule has 114 valence electrons. The van der Waals surface area contributed by atoms with Gasteiger partial charge in [0.2, 0.25) is 0 Å². The van der Waals surface area contributed by atoms with Crippen LogP contribution in [0.4, 0.5) is 11.6 Å². The molecule has 0 amide bonds. The van der Waals surface area contributed by atoms with Crippen molar-refractivity contribution in [1.29, 1.82) is 0 Å². The first-order valence-electron chi connectivity index (χ1n) is 7.64. The highest BCUT2D eigenvalue weighted by Crippen LogP contribution is 2.12. The molecule has 0 aliphatic carbocycles. The molecule has 0 aliphatic heterocycles. The van der Waals surface area contributed by atoms with Crippen LogP contribution in [0, 0.1) is 0 Å². The third-order valence-electron chi connectivity index (χ3n) is 2.94. The van der Waals surface area contributed by atoms with Crippen LogP contribution in [0.15, 0.2) is 6.07 Å². The van der Waals surface area contributed by atoms with Gasteiger partial charge in [-0.25, -0.2) is 9.97 Å². The van der Waals surface area contributed by atoms with Crippen LogP contribution in [0.25, 0.3) is 0 Å². The van der Waals surface area contributed by atoms with E-state index in [1.807, 2.05) is 6.07 Å². The van der Waals surface area contributed by atoms with Crippen molar-refractivity contribution in [3.05, 3.63) is 11.9 Å². The van der Waals surface area contributed by atoms with Gasteiger partial charge in [-0.2, -0.15) is 0 Å². The fourth-order valence-corrected chi connectivity index (χ4v) is 1.89. The summed E-state index contributed by atoms with van der Waals surface area (Å²) in [5.74, 6) is 2.46. The second kappa shape index (κ2) is 10.4. The van der Waals surface area contributed by atoms with E-state index in [2.05, 4.69) is 34.4 Å². The number of methoxy groups -OCH3 is 1. The minimum absolute atomic E-state index is 0.437. The van der Waals surface area contributed by atoms with Crippen molar-refractivity contribution in [2.45, 2.75) is 52.6 Å². The lowest BCUT2D eigenvalue weighted by Gasteiger charge is -2.10. The Morgan fingerprint density at radius 2 is 1.65 bits per heavy atom. The van der Waals surface area contributed by atoms with Crippen LogP contribution in [0.1, 0.15) is 51.8 Å². The Morgan fingerprint density at radius 1 is 0.950 bits per heavy atom. The smallest absolute Gasteiger partial charge is 0.158 e. The van der Waals surface area contributed by atoms with Gasteiger partial charge in [-0.05, 0) is 12.8 Å². The Morgan fingerprint density at radius 3 is 2.25 bits per heavy atom. The minimum Gasteiger partial charge on any atom is -0.377 e. The largest absolute Gasteiger partial charge is 0.377 e. The van der Waals surface area contributed by atoms with E-state index < -0.39 is 0 Å². The molecule has 0 unspecified atom stereocenters. The molecule has 1 rings (SSSR count). The molecule has 5 nitrogen and oxygen atoms in total. The zero-order valence-corrected chi connectivity index (χ0v) is 13.0. The average molecular weight is 280 g/mol. The number of rotatable bonds is 11. The van der Waals surface area contributed by atoms with Crippen molar-refractivity contribution in [3.63, 3.8) is 0 Å². The number of ether oxygens (including phenoxy) is 1. The van der Waals surface area contributed by atoms with E-state index >= 15 is 0 Å². The number of hydrogen-bond donors (Lipinski definition) is 2. The maximum atomic E-state index is 5.12. The maximum Gasteiger partial charge on any atom is 0.158 e. The lowest BCUT2D eigenvalue weighted by atomic mass is 10.2. The number of aromatic nitrogens is 2. The van der Waals surface area contributed by atoms with E-state index in [1.165, 1.54) is 25.7 Å². The highest BCUT2D eigenvalue weighted by Gasteiger charge is 2.04. The van der Waals surface area contributed by atoms with E-state index in [4.69, 9.17) is 4.74 Å². The highest BCUT2D eigenvalue weighted by molar-refractivity contribution is 5.47. The Balaban J connectivity index is 2.55. The molecule has 5 heteroatoms. The molecule has 0 aromatic carbocycles. The normalized spacial score (nSPS) is 10.6. The summed E-state index contributed by atoms with van der Waals surface area (Å²) in [5, 5.41) is 6.67. The van der Waals surface area contributed by atoms with Gasteiger partial charge in [-0.3, -0.25) is 0 Å². The molecule has 0 saturated carbocycles. The molecule has 0 fully saturated rings. The Kier molecular flexibility index (Phi) is 8.71.